The number of ether oxygens (including phenoxy) is 1. The van der Waals surface area contributed by atoms with E-state index in [-0.39, 0.29) is 5.91 Å². The molecule has 0 fully saturated rings. The highest BCUT2D eigenvalue weighted by Crippen LogP contribution is 2.22. The Morgan fingerprint density at radius 1 is 1.12 bits per heavy atom. The fourth-order valence-corrected chi connectivity index (χ4v) is 2.54. The van der Waals surface area contributed by atoms with Gasteiger partial charge in [-0.05, 0) is 37.6 Å². The topological polar surface area (TPSA) is 51.2 Å². The van der Waals surface area contributed by atoms with Crippen LogP contribution in [0.25, 0.3) is 10.9 Å². The number of fused-ring (bicyclic) bond motifs is 1. The minimum Gasteiger partial charge on any atom is -0.491 e. The van der Waals surface area contributed by atoms with Crippen LogP contribution in [0.15, 0.2) is 60.8 Å². The van der Waals surface area contributed by atoms with Gasteiger partial charge in [0.2, 0.25) is 0 Å². The zero-order valence-electron chi connectivity index (χ0n) is 13.7. The van der Waals surface area contributed by atoms with E-state index in [1.165, 1.54) is 0 Å². The molecule has 0 spiro atoms. The second kappa shape index (κ2) is 7.59. The van der Waals surface area contributed by atoms with E-state index in [0.29, 0.717) is 18.7 Å². The van der Waals surface area contributed by atoms with Gasteiger partial charge in [-0.25, -0.2) is 0 Å². The maximum Gasteiger partial charge on any atom is 0.251 e. The number of carbonyl (C=O) groups excluding carboxylic acids is 1. The van der Waals surface area contributed by atoms with E-state index in [1.54, 1.807) is 6.20 Å². The number of benzene rings is 2. The molecule has 1 N–H and O–H groups in total. The Hall–Kier alpha value is -2.88. The summed E-state index contributed by atoms with van der Waals surface area (Å²) in [4.78, 5) is 16.4. The zero-order chi connectivity index (χ0) is 16.8. The lowest BCUT2D eigenvalue weighted by molar-refractivity contribution is 0.0951. The fourth-order valence-electron chi connectivity index (χ4n) is 2.54. The van der Waals surface area contributed by atoms with Crippen molar-refractivity contribution in [3.63, 3.8) is 0 Å². The summed E-state index contributed by atoms with van der Waals surface area (Å²) >= 11 is 0. The lowest BCUT2D eigenvalue weighted by Crippen LogP contribution is -2.25. The Balaban J connectivity index is 1.48. The first-order valence-electron chi connectivity index (χ1n) is 8.05. The molecule has 0 aliphatic rings. The number of rotatable bonds is 6. The molecule has 0 aliphatic heterocycles. The summed E-state index contributed by atoms with van der Waals surface area (Å²) in [5.74, 6) is 0.726. The van der Waals surface area contributed by atoms with Crippen LogP contribution in [-0.4, -0.2) is 24.0 Å². The van der Waals surface area contributed by atoms with Gasteiger partial charge in [-0.1, -0.05) is 35.9 Å². The van der Waals surface area contributed by atoms with Crippen LogP contribution in [0.2, 0.25) is 0 Å². The summed E-state index contributed by atoms with van der Waals surface area (Å²) in [5, 5.41) is 3.97. The van der Waals surface area contributed by atoms with E-state index in [1.807, 2.05) is 61.5 Å². The summed E-state index contributed by atoms with van der Waals surface area (Å²) < 4.78 is 5.81. The van der Waals surface area contributed by atoms with Gasteiger partial charge in [-0.2, -0.15) is 0 Å². The van der Waals surface area contributed by atoms with Crippen LogP contribution in [0.5, 0.6) is 5.75 Å². The number of nitrogens with zero attached hydrogens (tertiary/aromatic N) is 1. The first kappa shape index (κ1) is 16.0. The van der Waals surface area contributed by atoms with Crippen LogP contribution in [0.3, 0.4) is 0 Å². The molecule has 2 aromatic carbocycles. The normalized spacial score (nSPS) is 10.5. The smallest absolute Gasteiger partial charge is 0.251 e. The Morgan fingerprint density at radius 3 is 2.83 bits per heavy atom. The Morgan fingerprint density at radius 2 is 1.96 bits per heavy atom. The van der Waals surface area contributed by atoms with Crippen molar-refractivity contribution in [1.82, 2.24) is 10.3 Å². The minimum absolute atomic E-state index is 0.0504. The third-order valence-electron chi connectivity index (χ3n) is 3.74. The van der Waals surface area contributed by atoms with Gasteiger partial charge >= 0.3 is 0 Å². The van der Waals surface area contributed by atoms with Crippen molar-refractivity contribution in [2.75, 3.05) is 13.2 Å². The molecule has 0 bridgehead atoms. The van der Waals surface area contributed by atoms with E-state index >= 15 is 0 Å². The molecule has 0 atom stereocenters. The van der Waals surface area contributed by atoms with Gasteiger partial charge < -0.3 is 10.1 Å². The highest BCUT2D eigenvalue weighted by Gasteiger charge is 2.05. The average molecular weight is 320 g/mol. The molecule has 1 heterocycles. The summed E-state index contributed by atoms with van der Waals surface area (Å²) in [6.45, 7) is 3.08. The number of amides is 1. The zero-order valence-corrected chi connectivity index (χ0v) is 13.7. The standard InChI is InChI=1S/C20H20N2O2/c1-15-6-2-8-17(14-15)20(23)22-12-5-13-24-18-10-3-7-16-9-4-11-21-19(16)18/h2-4,6-11,14H,5,12-13H2,1H3,(H,22,23). The lowest BCUT2D eigenvalue weighted by atomic mass is 10.1. The molecule has 0 saturated heterocycles. The van der Waals surface area contributed by atoms with Crippen molar-refractivity contribution in [2.45, 2.75) is 13.3 Å². The van der Waals surface area contributed by atoms with Gasteiger partial charge in [0, 0.05) is 23.7 Å². The van der Waals surface area contributed by atoms with Crippen molar-refractivity contribution in [2.24, 2.45) is 0 Å². The molecule has 0 radical (unpaired) electrons. The van der Waals surface area contributed by atoms with Gasteiger partial charge in [0.15, 0.2) is 0 Å². The van der Waals surface area contributed by atoms with Gasteiger partial charge in [0.05, 0.1) is 6.61 Å². The average Bonchev–Trinajstić information content (AvgIpc) is 2.61. The molecule has 24 heavy (non-hydrogen) atoms. The molecule has 0 unspecified atom stereocenters. The van der Waals surface area contributed by atoms with Crippen LogP contribution in [-0.2, 0) is 0 Å². The van der Waals surface area contributed by atoms with E-state index in [4.69, 9.17) is 4.74 Å². The Kier molecular flexibility index (Phi) is 5.06. The summed E-state index contributed by atoms with van der Waals surface area (Å²) in [6, 6.07) is 17.4. The quantitative estimate of drug-likeness (QED) is 0.704. The van der Waals surface area contributed by atoms with Crippen molar-refractivity contribution in [3.05, 3.63) is 71.9 Å². The predicted molar refractivity (Wildman–Crippen MR) is 95.4 cm³/mol. The third-order valence-corrected chi connectivity index (χ3v) is 3.74. The highest BCUT2D eigenvalue weighted by molar-refractivity contribution is 5.94. The number of hydrogen-bond donors (Lipinski definition) is 1. The maximum absolute atomic E-state index is 12.0. The van der Waals surface area contributed by atoms with Crippen LogP contribution >= 0.6 is 0 Å². The van der Waals surface area contributed by atoms with E-state index < -0.39 is 0 Å². The molecule has 3 rings (SSSR count). The number of nitrogens with one attached hydrogen (secondary N) is 1. The van der Waals surface area contributed by atoms with Crippen LogP contribution in [0, 0.1) is 6.92 Å². The molecule has 1 aromatic heterocycles. The molecule has 0 aliphatic carbocycles. The van der Waals surface area contributed by atoms with Gasteiger partial charge in [-0.3, -0.25) is 9.78 Å². The van der Waals surface area contributed by atoms with Crippen LogP contribution in [0.1, 0.15) is 22.3 Å². The lowest BCUT2D eigenvalue weighted by Gasteiger charge is -2.09. The van der Waals surface area contributed by atoms with E-state index in [2.05, 4.69) is 10.3 Å². The van der Waals surface area contributed by atoms with Gasteiger partial charge in [-0.15, -0.1) is 0 Å². The third kappa shape index (κ3) is 3.90. The molecule has 0 saturated carbocycles. The Labute approximate surface area is 141 Å². The van der Waals surface area contributed by atoms with Crippen LogP contribution in [0.4, 0.5) is 0 Å². The number of hydrogen-bond acceptors (Lipinski definition) is 3. The minimum atomic E-state index is -0.0504. The Bertz CT molecular complexity index is 840. The molecule has 122 valence electrons. The predicted octanol–water partition coefficient (Wildman–Crippen LogP) is 3.74. The molecule has 1 amide bonds. The van der Waals surface area contributed by atoms with Crippen molar-refractivity contribution in [1.29, 1.82) is 0 Å². The molecule has 4 nitrogen and oxygen atoms in total. The van der Waals surface area contributed by atoms with E-state index in [9.17, 15) is 4.79 Å². The number of aromatic nitrogens is 1. The van der Waals surface area contributed by atoms with Crippen molar-refractivity contribution < 1.29 is 9.53 Å². The largest absolute Gasteiger partial charge is 0.491 e. The van der Waals surface area contributed by atoms with Gasteiger partial charge in [0.1, 0.15) is 11.3 Å². The second-order valence-corrected chi connectivity index (χ2v) is 5.66. The van der Waals surface area contributed by atoms with Crippen LogP contribution < -0.4 is 10.1 Å². The first-order valence-corrected chi connectivity index (χ1v) is 8.05. The number of aryl methyl sites for hydroxylation is 1. The second-order valence-electron chi connectivity index (χ2n) is 5.66. The molecular weight excluding hydrogens is 300 g/mol. The SMILES string of the molecule is Cc1cccc(C(=O)NCCCOc2cccc3cccnc23)c1. The molecule has 3 aromatic rings. The highest BCUT2D eigenvalue weighted by atomic mass is 16.5. The fraction of sp³-hybridized carbons (Fsp3) is 0.200. The summed E-state index contributed by atoms with van der Waals surface area (Å²) in [5.41, 5.74) is 2.63. The maximum atomic E-state index is 12.0. The van der Waals surface area contributed by atoms with E-state index in [0.717, 1.165) is 28.6 Å². The first-order chi connectivity index (χ1) is 11.7. The number of carbonyl (C=O) groups is 1. The van der Waals surface area contributed by atoms with Gasteiger partial charge in [0.25, 0.3) is 5.91 Å². The molecule has 4 heteroatoms. The number of para-hydroxylation sites is 1. The van der Waals surface area contributed by atoms with Crippen molar-refractivity contribution in [3.8, 4) is 5.75 Å². The summed E-state index contributed by atoms with van der Waals surface area (Å²) in [6.07, 6.45) is 2.50. The van der Waals surface area contributed by atoms with Crippen molar-refractivity contribution >= 4 is 16.8 Å². The summed E-state index contributed by atoms with van der Waals surface area (Å²) in [7, 11) is 0. The molecular formula is C20H20N2O2. The number of pyridine rings is 1. The monoisotopic (exact) mass is 320 g/mol.